The van der Waals surface area contributed by atoms with E-state index in [1.807, 2.05) is 6.07 Å². The lowest BCUT2D eigenvalue weighted by Crippen LogP contribution is -2.42. The van der Waals surface area contributed by atoms with Crippen LogP contribution in [0.3, 0.4) is 0 Å². The van der Waals surface area contributed by atoms with Gasteiger partial charge in [-0.05, 0) is 67.6 Å². The van der Waals surface area contributed by atoms with Crippen LogP contribution in [0.1, 0.15) is 30.4 Å². The summed E-state index contributed by atoms with van der Waals surface area (Å²) in [5, 5.41) is 9.05. The highest BCUT2D eigenvalue weighted by Crippen LogP contribution is 2.42. The van der Waals surface area contributed by atoms with Gasteiger partial charge in [0.1, 0.15) is 29.2 Å². The van der Waals surface area contributed by atoms with Crippen LogP contribution in [0.4, 0.5) is 15.0 Å². The molecule has 4 heterocycles. The maximum Gasteiger partial charge on any atom is 0.415 e. The molecule has 2 aromatic rings. The van der Waals surface area contributed by atoms with E-state index in [-0.39, 0.29) is 15.9 Å². The number of carbonyl (C=O) groups excluding carboxylic acids is 1. The van der Waals surface area contributed by atoms with Crippen LogP contribution >= 0.6 is 0 Å². The zero-order chi connectivity index (χ0) is 24.6. The number of hydrogen-bond donors (Lipinski definition) is 0. The number of piperidine rings is 1. The summed E-state index contributed by atoms with van der Waals surface area (Å²) in [6.45, 7) is 3.88. The van der Waals surface area contributed by atoms with Crippen molar-refractivity contribution >= 4 is 21.9 Å². The highest BCUT2D eigenvalue weighted by atomic mass is 32.2. The van der Waals surface area contributed by atoms with Gasteiger partial charge in [0.25, 0.3) is 0 Å². The second-order valence-electron chi connectivity index (χ2n) is 9.41. The molecule has 0 radical (unpaired) electrons. The molecule has 0 bridgehead atoms. The number of ether oxygens (including phenoxy) is 1. The number of likely N-dealkylation sites (tertiary alicyclic amines) is 1. The summed E-state index contributed by atoms with van der Waals surface area (Å²) in [5.41, 5.74) is 0.889. The van der Waals surface area contributed by atoms with Crippen molar-refractivity contribution in [2.45, 2.75) is 30.7 Å². The molecule has 5 rings (SSSR count). The zero-order valence-electron chi connectivity index (χ0n) is 19.2. The van der Waals surface area contributed by atoms with E-state index in [4.69, 9.17) is 10.00 Å². The molecule has 1 spiro atoms. The van der Waals surface area contributed by atoms with Crippen LogP contribution in [-0.2, 0) is 21.3 Å². The van der Waals surface area contributed by atoms with Crippen molar-refractivity contribution in [2.75, 3.05) is 44.2 Å². The van der Waals surface area contributed by atoms with E-state index in [0.29, 0.717) is 38.6 Å². The van der Waals surface area contributed by atoms with E-state index < -0.39 is 21.9 Å². The summed E-state index contributed by atoms with van der Waals surface area (Å²) >= 11 is 0. The average molecular weight is 500 g/mol. The van der Waals surface area contributed by atoms with E-state index in [1.165, 1.54) is 29.3 Å². The molecule has 3 aliphatic rings. The molecular weight excluding hydrogens is 473 g/mol. The quantitative estimate of drug-likeness (QED) is 0.623. The molecule has 3 saturated heterocycles. The summed E-state index contributed by atoms with van der Waals surface area (Å²) in [5.74, 6) is -0.135. The van der Waals surface area contributed by atoms with Crippen LogP contribution in [0.15, 0.2) is 41.4 Å². The van der Waals surface area contributed by atoms with Gasteiger partial charge in [0, 0.05) is 25.8 Å². The van der Waals surface area contributed by atoms with E-state index in [0.717, 1.165) is 37.9 Å². The van der Waals surface area contributed by atoms with Gasteiger partial charge >= 0.3 is 6.09 Å². The van der Waals surface area contributed by atoms with Crippen molar-refractivity contribution in [2.24, 2.45) is 5.41 Å². The first kappa shape index (κ1) is 23.7. The van der Waals surface area contributed by atoms with Crippen LogP contribution in [-0.4, -0.2) is 68.0 Å². The van der Waals surface area contributed by atoms with Crippen molar-refractivity contribution in [1.82, 2.24) is 14.2 Å². The molecule has 1 aromatic carbocycles. The van der Waals surface area contributed by atoms with Gasteiger partial charge in [-0.2, -0.15) is 9.57 Å². The number of cyclic esters (lactones) is 1. The standard InChI is InChI=1S/C24H26FN5O4S/c25-21-3-1-18(13-19(21)14-26)16-28-8-5-24(6-9-28)7-10-29(17-24)35(32,33)20-2-4-22(27-15-20)30-11-12-34-23(30)31/h1-4,13,15H,5-12,16-17H2. The second-order valence-corrected chi connectivity index (χ2v) is 11.3. The van der Waals surface area contributed by atoms with Crippen LogP contribution in [0.5, 0.6) is 0 Å². The number of nitrogens with zero attached hydrogens (tertiary/aromatic N) is 5. The Kier molecular flexibility index (Phi) is 6.21. The molecule has 11 heteroatoms. The van der Waals surface area contributed by atoms with E-state index in [2.05, 4.69) is 9.88 Å². The fourth-order valence-corrected chi connectivity index (χ4v) is 6.64. The number of carbonyl (C=O) groups is 1. The number of nitriles is 1. The molecule has 0 N–H and O–H groups in total. The number of rotatable bonds is 5. The molecule has 184 valence electrons. The van der Waals surface area contributed by atoms with Crippen LogP contribution in [0.25, 0.3) is 0 Å². The lowest BCUT2D eigenvalue weighted by molar-refractivity contribution is 0.109. The minimum Gasteiger partial charge on any atom is -0.447 e. The topological polar surface area (TPSA) is 107 Å². The third kappa shape index (κ3) is 4.61. The van der Waals surface area contributed by atoms with Crippen molar-refractivity contribution in [3.8, 4) is 6.07 Å². The number of aromatic nitrogens is 1. The normalized spacial score (nSPS) is 20.8. The number of pyridine rings is 1. The smallest absolute Gasteiger partial charge is 0.415 e. The first-order valence-corrected chi connectivity index (χ1v) is 13.1. The highest BCUT2D eigenvalue weighted by Gasteiger charge is 2.44. The Hall–Kier alpha value is -3.07. The average Bonchev–Trinajstić information content (AvgIpc) is 3.49. The number of hydrogen-bond acceptors (Lipinski definition) is 7. The molecule has 3 fully saturated rings. The Bertz CT molecular complexity index is 1270. The number of halogens is 1. The Morgan fingerprint density at radius 3 is 2.54 bits per heavy atom. The van der Waals surface area contributed by atoms with Gasteiger partial charge in [0.15, 0.2) is 0 Å². The molecule has 0 atom stereocenters. The summed E-state index contributed by atoms with van der Waals surface area (Å²) in [6.07, 6.45) is 3.38. The number of anilines is 1. The van der Waals surface area contributed by atoms with Gasteiger partial charge in [-0.25, -0.2) is 22.6 Å². The maximum absolute atomic E-state index is 13.6. The zero-order valence-corrected chi connectivity index (χ0v) is 20.0. The van der Waals surface area contributed by atoms with Crippen LogP contribution in [0.2, 0.25) is 0 Å². The summed E-state index contributed by atoms with van der Waals surface area (Å²) < 4.78 is 46.6. The maximum atomic E-state index is 13.6. The SMILES string of the molecule is N#Cc1cc(CN2CCC3(CC2)CCN(S(=O)(=O)c2ccc(N4CCOC4=O)nc2)C3)ccc1F. The minimum atomic E-state index is -3.69. The number of amides is 1. The third-order valence-corrected chi connectivity index (χ3v) is 9.10. The van der Waals surface area contributed by atoms with Crippen LogP contribution < -0.4 is 4.90 Å². The van der Waals surface area contributed by atoms with Gasteiger partial charge in [-0.1, -0.05) is 6.07 Å². The van der Waals surface area contributed by atoms with Gasteiger partial charge in [-0.3, -0.25) is 9.80 Å². The van der Waals surface area contributed by atoms with Crippen molar-refractivity contribution < 1.29 is 22.3 Å². The molecule has 0 aliphatic carbocycles. The highest BCUT2D eigenvalue weighted by molar-refractivity contribution is 7.89. The third-order valence-electron chi connectivity index (χ3n) is 7.27. The monoisotopic (exact) mass is 499 g/mol. The Labute approximate surface area is 203 Å². The fourth-order valence-electron chi connectivity index (χ4n) is 5.14. The lowest BCUT2D eigenvalue weighted by atomic mass is 9.78. The lowest BCUT2D eigenvalue weighted by Gasteiger charge is -2.39. The summed E-state index contributed by atoms with van der Waals surface area (Å²) in [6, 6.07) is 9.54. The van der Waals surface area contributed by atoms with E-state index in [9.17, 15) is 17.6 Å². The van der Waals surface area contributed by atoms with Gasteiger partial charge in [0.05, 0.1) is 12.1 Å². The molecule has 1 aromatic heterocycles. The molecule has 35 heavy (non-hydrogen) atoms. The van der Waals surface area contributed by atoms with Gasteiger partial charge < -0.3 is 4.74 Å². The molecule has 1 amide bonds. The Morgan fingerprint density at radius 1 is 1.11 bits per heavy atom. The largest absolute Gasteiger partial charge is 0.447 e. The Balaban J connectivity index is 1.20. The summed E-state index contributed by atoms with van der Waals surface area (Å²) in [4.78, 5) is 19.7. The minimum absolute atomic E-state index is 0.0514. The second kappa shape index (κ2) is 9.18. The van der Waals surface area contributed by atoms with Crippen LogP contribution in [0, 0.1) is 22.6 Å². The van der Waals surface area contributed by atoms with Gasteiger partial charge in [-0.15, -0.1) is 0 Å². The predicted molar refractivity (Wildman–Crippen MR) is 124 cm³/mol. The number of benzene rings is 1. The van der Waals surface area contributed by atoms with Crippen molar-refractivity contribution in [1.29, 1.82) is 5.26 Å². The van der Waals surface area contributed by atoms with Crippen molar-refractivity contribution in [3.63, 3.8) is 0 Å². The molecule has 9 nitrogen and oxygen atoms in total. The number of sulfonamides is 1. The molecule has 3 aliphatic heterocycles. The first-order valence-electron chi connectivity index (χ1n) is 11.6. The fraction of sp³-hybridized carbons (Fsp3) is 0.458. The van der Waals surface area contributed by atoms with Crippen molar-refractivity contribution in [3.05, 3.63) is 53.5 Å². The predicted octanol–water partition coefficient (Wildman–Crippen LogP) is 2.73. The molecule has 0 unspecified atom stereocenters. The summed E-state index contributed by atoms with van der Waals surface area (Å²) in [7, 11) is -3.69. The van der Waals surface area contributed by atoms with E-state index >= 15 is 0 Å². The van der Waals surface area contributed by atoms with E-state index in [1.54, 1.807) is 16.4 Å². The first-order chi connectivity index (χ1) is 16.8. The molecule has 0 saturated carbocycles. The van der Waals surface area contributed by atoms with Gasteiger partial charge in [0.2, 0.25) is 10.0 Å². The molecular formula is C24H26FN5O4S. The Morgan fingerprint density at radius 2 is 1.89 bits per heavy atom.